The van der Waals surface area contributed by atoms with Gasteiger partial charge in [0.15, 0.2) is 20.2 Å². The van der Waals surface area contributed by atoms with E-state index >= 15 is 0 Å². The molecule has 432 valence electrons. The first-order chi connectivity index (χ1) is 35.4. The zero-order valence-corrected chi connectivity index (χ0v) is 53.3. The summed E-state index contributed by atoms with van der Waals surface area (Å²) >= 11 is 23.9. The molecule has 0 rings (SSSR count). The van der Waals surface area contributed by atoms with E-state index in [2.05, 4.69) is 55.4 Å². The van der Waals surface area contributed by atoms with Crippen molar-refractivity contribution in [2.75, 3.05) is 26.4 Å². The Morgan fingerprint density at radius 2 is 0.425 bits per heavy atom. The summed E-state index contributed by atoms with van der Waals surface area (Å²) in [4.78, 5) is 0. The monoisotopic (exact) mass is 1100 g/mol. The molecule has 0 radical (unpaired) electrons. The third-order valence-corrected chi connectivity index (χ3v) is 17.0. The predicted molar refractivity (Wildman–Crippen MR) is 339 cm³/mol. The Balaban J connectivity index is 5.79. The highest BCUT2D eigenvalue weighted by Crippen LogP contribution is 2.27. The highest BCUT2D eigenvalue weighted by Gasteiger charge is 2.37. The summed E-state index contributed by atoms with van der Waals surface area (Å²) in [6, 6.07) is 0. The van der Waals surface area contributed by atoms with E-state index in [0.717, 1.165) is 51.4 Å². The van der Waals surface area contributed by atoms with E-state index in [1.165, 1.54) is 231 Å². The third kappa shape index (κ3) is 49.6. The molecule has 0 N–H and O–H groups in total. The van der Waals surface area contributed by atoms with Crippen LogP contribution in [-0.2, 0) is 18.9 Å². The van der Waals surface area contributed by atoms with Crippen molar-refractivity contribution in [1.29, 1.82) is 0 Å². The molecule has 4 atom stereocenters. The van der Waals surface area contributed by atoms with Crippen LogP contribution in [0.4, 0.5) is 0 Å². The number of rotatable bonds is 56. The van der Waals surface area contributed by atoms with Gasteiger partial charge in [-0.1, -0.05) is 287 Å². The molecular formula is C65H124O4S4. The Kier molecular flexibility index (Phi) is 53.2. The number of unbranched alkanes of at least 4 members (excludes halogenated alkanes) is 28. The topological polar surface area (TPSA) is 36.9 Å². The second kappa shape index (κ2) is 53.6. The largest absolute Gasteiger partial charge is 0.486 e. The highest BCUT2D eigenvalue weighted by molar-refractivity contribution is 7.80. The second-order valence-corrected chi connectivity index (χ2v) is 25.6. The zero-order valence-electron chi connectivity index (χ0n) is 50.0. The van der Waals surface area contributed by atoms with Crippen LogP contribution in [-0.4, -0.2) is 46.6 Å². The molecule has 0 aromatic carbocycles. The maximum absolute atomic E-state index is 6.58. The fraction of sp³-hybridized carbons (Fsp3) is 0.938. The lowest BCUT2D eigenvalue weighted by atomic mass is 9.91. The van der Waals surface area contributed by atoms with Crippen molar-refractivity contribution in [1.82, 2.24) is 0 Å². The van der Waals surface area contributed by atoms with Crippen molar-refractivity contribution in [2.45, 2.75) is 338 Å². The van der Waals surface area contributed by atoms with E-state index < -0.39 is 5.41 Å². The first-order valence-corrected chi connectivity index (χ1v) is 33.7. The molecule has 0 aromatic rings. The molecule has 4 nitrogen and oxygen atoms in total. The Labute approximate surface area is 478 Å². The van der Waals surface area contributed by atoms with E-state index in [1.807, 2.05) is 0 Å². The van der Waals surface area contributed by atoms with Crippen molar-refractivity contribution in [3.05, 3.63) is 0 Å². The first kappa shape index (κ1) is 72.6. The fourth-order valence-corrected chi connectivity index (χ4v) is 10.7. The molecule has 0 aromatic heterocycles. The maximum atomic E-state index is 6.58. The molecule has 0 saturated heterocycles. The van der Waals surface area contributed by atoms with Gasteiger partial charge in [0.2, 0.25) is 0 Å². The summed E-state index contributed by atoms with van der Waals surface area (Å²) in [6.07, 6.45) is 55.5. The van der Waals surface area contributed by atoms with Gasteiger partial charge in [-0.2, -0.15) is 0 Å². The van der Waals surface area contributed by atoms with Crippen molar-refractivity contribution in [3.63, 3.8) is 0 Å². The van der Waals surface area contributed by atoms with Crippen LogP contribution in [0.2, 0.25) is 0 Å². The zero-order chi connectivity index (χ0) is 53.9. The van der Waals surface area contributed by atoms with E-state index in [1.54, 1.807) is 0 Å². The molecular weight excluding hydrogens is 973 g/mol. The van der Waals surface area contributed by atoms with Crippen LogP contribution in [0, 0.1) is 29.1 Å². The summed E-state index contributed by atoms with van der Waals surface area (Å²) in [6.45, 7) is 19.9. The van der Waals surface area contributed by atoms with Crippen LogP contribution < -0.4 is 0 Å². The summed E-state index contributed by atoms with van der Waals surface area (Å²) in [5, 5.41) is 2.61. The second-order valence-electron chi connectivity index (χ2n) is 23.8. The van der Waals surface area contributed by atoms with Gasteiger partial charge in [-0.25, -0.2) is 0 Å². The summed E-state index contributed by atoms with van der Waals surface area (Å²) in [5.74, 6) is 2.45. The average molecular weight is 1100 g/mol. The van der Waals surface area contributed by atoms with E-state index in [-0.39, 0.29) is 0 Å². The molecule has 0 aliphatic carbocycles. The van der Waals surface area contributed by atoms with Crippen molar-refractivity contribution >= 4 is 69.1 Å². The van der Waals surface area contributed by atoms with Gasteiger partial charge in [0, 0.05) is 25.7 Å². The molecule has 8 heteroatoms. The van der Waals surface area contributed by atoms with Gasteiger partial charge in [0.25, 0.3) is 0 Å². The standard InChI is InChI=1S/C65H124O4S4/c1-9-13-17-21-25-29-33-37-41-57(5)45-49-61(70)66-53-65(54-67-62(71)50-46-58(6)42-38-34-30-26-22-18-14-10-2,55-68-63(72)51-47-59(7)43-39-35-31-27-23-19-15-11-3)56-69-64(73)52-48-60(8)44-40-36-32-28-24-20-16-12-4/h57-60H,9-56H2,1-8H3. The van der Waals surface area contributed by atoms with Gasteiger partial charge >= 0.3 is 0 Å². The van der Waals surface area contributed by atoms with Crippen molar-refractivity contribution < 1.29 is 18.9 Å². The molecule has 0 amide bonds. The lowest BCUT2D eigenvalue weighted by Crippen LogP contribution is -2.43. The van der Waals surface area contributed by atoms with Gasteiger partial charge in [-0.05, 0) is 98.2 Å². The van der Waals surface area contributed by atoms with E-state index in [9.17, 15) is 0 Å². The van der Waals surface area contributed by atoms with E-state index in [0.29, 0.717) is 70.3 Å². The Bertz CT molecular complexity index is 1070. The van der Waals surface area contributed by atoms with Gasteiger partial charge in [0.1, 0.15) is 31.8 Å². The normalized spacial score (nSPS) is 14.0. The minimum atomic E-state index is -0.695. The molecule has 0 saturated carbocycles. The molecule has 0 heterocycles. The van der Waals surface area contributed by atoms with Crippen molar-refractivity contribution in [3.8, 4) is 0 Å². The van der Waals surface area contributed by atoms with Gasteiger partial charge in [-0.15, -0.1) is 0 Å². The molecule has 0 aliphatic rings. The summed E-state index contributed by atoms with van der Waals surface area (Å²) < 4.78 is 26.3. The molecule has 0 aliphatic heterocycles. The average Bonchev–Trinajstić information content (AvgIpc) is 3.38. The van der Waals surface area contributed by atoms with Crippen molar-refractivity contribution in [2.24, 2.45) is 29.1 Å². The number of hydrogen-bond donors (Lipinski definition) is 0. The lowest BCUT2D eigenvalue weighted by Gasteiger charge is -2.33. The molecule has 0 spiro atoms. The van der Waals surface area contributed by atoms with E-state index in [4.69, 9.17) is 67.8 Å². The SMILES string of the molecule is CCCCCCCCCCC(C)CCC(=S)OCC(COC(=S)CCC(C)CCCCCCCCCC)(COC(=S)CCC(C)CCCCCCCCCC)COC(=S)CCC(C)CCCCCCCCCC. The Morgan fingerprint density at radius 3 is 0.603 bits per heavy atom. The van der Waals surface area contributed by atoms with Crippen LogP contribution in [0.15, 0.2) is 0 Å². The van der Waals surface area contributed by atoms with Crippen LogP contribution >= 0.6 is 48.9 Å². The van der Waals surface area contributed by atoms with Crippen LogP contribution in [0.25, 0.3) is 0 Å². The van der Waals surface area contributed by atoms with Gasteiger partial charge < -0.3 is 18.9 Å². The smallest absolute Gasteiger partial charge is 0.159 e. The minimum absolute atomic E-state index is 0.310. The number of hydrogen-bond acceptors (Lipinski definition) is 8. The first-order valence-electron chi connectivity index (χ1n) is 32.0. The Hall–Kier alpha value is -0.440. The predicted octanol–water partition coefficient (Wildman–Crippen LogP) is 23.1. The Morgan fingerprint density at radius 1 is 0.260 bits per heavy atom. The molecule has 0 fully saturated rings. The van der Waals surface area contributed by atoms with Crippen LogP contribution in [0.3, 0.4) is 0 Å². The van der Waals surface area contributed by atoms with Crippen LogP contribution in [0.1, 0.15) is 338 Å². The van der Waals surface area contributed by atoms with Gasteiger partial charge in [0.05, 0.1) is 0 Å². The minimum Gasteiger partial charge on any atom is -0.486 e. The molecule has 73 heavy (non-hydrogen) atoms. The maximum Gasteiger partial charge on any atom is 0.159 e. The third-order valence-electron chi connectivity index (χ3n) is 15.7. The molecule has 4 unspecified atom stereocenters. The number of thiocarbonyl (C=S) groups is 4. The summed E-state index contributed by atoms with van der Waals surface area (Å²) in [5.41, 5.74) is -0.695. The van der Waals surface area contributed by atoms with Gasteiger partial charge in [-0.3, -0.25) is 0 Å². The quantitative estimate of drug-likeness (QED) is 0.0441. The fourth-order valence-electron chi connectivity index (χ4n) is 10.0. The molecule has 0 bridgehead atoms. The summed E-state index contributed by atoms with van der Waals surface area (Å²) in [7, 11) is 0. The lowest BCUT2D eigenvalue weighted by molar-refractivity contribution is -0.0165. The highest BCUT2D eigenvalue weighted by atomic mass is 32.1. The van der Waals surface area contributed by atoms with Crippen LogP contribution in [0.5, 0.6) is 0 Å². The number of ether oxygens (including phenoxy) is 4.